The predicted molar refractivity (Wildman–Crippen MR) is 66.5 cm³/mol. The lowest BCUT2D eigenvalue weighted by atomic mass is 10.1. The maximum absolute atomic E-state index is 11.1. The van der Waals surface area contributed by atoms with Gasteiger partial charge >= 0.3 is 5.97 Å². The molecule has 0 fully saturated rings. The Morgan fingerprint density at radius 1 is 1.53 bits per heavy atom. The molecule has 0 aliphatic carbocycles. The van der Waals surface area contributed by atoms with E-state index in [0.29, 0.717) is 5.69 Å². The van der Waals surface area contributed by atoms with Crippen molar-refractivity contribution >= 4 is 23.0 Å². The van der Waals surface area contributed by atoms with E-state index in [1.165, 1.54) is 29.1 Å². The van der Waals surface area contributed by atoms with E-state index in [0.717, 1.165) is 0 Å². The van der Waals surface area contributed by atoms with Crippen LogP contribution in [0.4, 0.5) is 17.1 Å². The molecule has 2 rings (SSSR count). The molecule has 0 aliphatic rings. The summed E-state index contributed by atoms with van der Waals surface area (Å²) in [6, 6.07) is 3.87. The molecule has 1 aromatic heterocycles. The first-order valence-corrected chi connectivity index (χ1v) is 5.25. The summed E-state index contributed by atoms with van der Waals surface area (Å²) < 4.78 is 1.50. The number of carboxylic acid groups (broad SMARTS) is 1. The molecule has 98 valence electrons. The molecular weight excluding hydrogens is 252 g/mol. The summed E-state index contributed by atoms with van der Waals surface area (Å²) in [6.07, 6.45) is 3.03. The molecule has 0 unspecified atom stereocenters. The summed E-state index contributed by atoms with van der Waals surface area (Å²) in [7, 11) is 1.68. The topological polar surface area (TPSA) is 110 Å². The van der Waals surface area contributed by atoms with E-state index in [4.69, 9.17) is 5.11 Å². The number of nitro benzene ring substituents is 1. The molecule has 2 aromatic rings. The molecule has 0 amide bonds. The first kappa shape index (κ1) is 12.6. The number of nitrogens with one attached hydrogen (secondary N) is 1. The van der Waals surface area contributed by atoms with Gasteiger partial charge < -0.3 is 10.4 Å². The number of hydrogen-bond acceptors (Lipinski definition) is 5. The van der Waals surface area contributed by atoms with Gasteiger partial charge in [0.25, 0.3) is 5.69 Å². The fourth-order valence-electron chi connectivity index (χ4n) is 1.63. The Bertz CT molecular complexity index is 618. The van der Waals surface area contributed by atoms with Crippen molar-refractivity contribution in [2.75, 3.05) is 5.32 Å². The van der Waals surface area contributed by atoms with Crippen molar-refractivity contribution in [1.29, 1.82) is 0 Å². The highest BCUT2D eigenvalue weighted by Gasteiger charge is 2.21. The standard InChI is InChI=1S/C11H10N4O4/c1-14-6-7(5-12-14)13-10-8(11(16)17)3-2-4-9(10)15(18)19/h2-6,13H,1H3,(H,16,17). The molecule has 8 heteroatoms. The van der Waals surface area contributed by atoms with Crippen LogP contribution in [-0.2, 0) is 7.05 Å². The van der Waals surface area contributed by atoms with Crippen LogP contribution in [0.5, 0.6) is 0 Å². The second-order valence-electron chi connectivity index (χ2n) is 3.79. The second kappa shape index (κ2) is 4.77. The van der Waals surface area contributed by atoms with Gasteiger partial charge in [0.05, 0.1) is 22.4 Å². The zero-order valence-corrected chi connectivity index (χ0v) is 9.90. The number of rotatable bonds is 4. The molecule has 0 aliphatic heterocycles. The average molecular weight is 262 g/mol. The van der Waals surface area contributed by atoms with Gasteiger partial charge in [0.15, 0.2) is 0 Å². The van der Waals surface area contributed by atoms with E-state index in [1.807, 2.05) is 0 Å². The number of aryl methyl sites for hydroxylation is 1. The van der Waals surface area contributed by atoms with Crippen LogP contribution < -0.4 is 5.32 Å². The maximum Gasteiger partial charge on any atom is 0.338 e. The van der Waals surface area contributed by atoms with Crippen LogP contribution in [0.2, 0.25) is 0 Å². The fourth-order valence-corrected chi connectivity index (χ4v) is 1.63. The van der Waals surface area contributed by atoms with Crippen molar-refractivity contribution < 1.29 is 14.8 Å². The number of aromatic carboxylic acids is 1. The summed E-state index contributed by atoms with van der Waals surface area (Å²) in [4.78, 5) is 21.4. The zero-order chi connectivity index (χ0) is 14.0. The minimum absolute atomic E-state index is 0.0620. The Morgan fingerprint density at radius 3 is 2.79 bits per heavy atom. The number of nitrogens with zero attached hydrogens (tertiary/aromatic N) is 3. The molecule has 0 spiro atoms. The van der Waals surface area contributed by atoms with E-state index in [-0.39, 0.29) is 16.9 Å². The van der Waals surface area contributed by atoms with Crippen molar-refractivity contribution in [2.45, 2.75) is 0 Å². The lowest BCUT2D eigenvalue weighted by molar-refractivity contribution is -0.383. The minimum Gasteiger partial charge on any atom is -0.478 e. The van der Waals surface area contributed by atoms with Gasteiger partial charge in [-0.1, -0.05) is 6.07 Å². The first-order chi connectivity index (χ1) is 8.99. The third-order valence-electron chi connectivity index (χ3n) is 2.44. The molecule has 19 heavy (non-hydrogen) atoms. The van der Waals surface area contributed by atoms with Crippen LogP contribution in [-0.4, -0.2) is 25.8 Å². The van der Waals surface area contributed by atoms with Gasteiger partial charge in [0, 0.05) is 19.3 Å². The van der Waals surface area contributed by atoms with Gasteiger partial charge in [-0.2, -0.15) is 5.10 Å². The number of carbonyl (C=O) groups is 1. The third kappa shape index (κ3) is 2.51. The van der Waals surface area contributed by atoms with Crippen molar-refractivity contribution in [3.63, 3.8) is 0 Å². The summed E-state index contributed by atoms with van der Waals surface area (Å²) in [5.74, 6) is -1.24. The van der Waals surface area contributed by atoms with Crippen LogP contribution in [0.15, 0.2) is 30.6 Å². The van der Waals surface area contributed by atoms with Crippen molar-refractivity contribution in [1.82, 2.24) is 9.78 Å². The van der Waals surface area contributed by atoms with Gasteiger partial charge in [-0.3, -0.25) is 14.8 Å². The van der Waals surface area contributed by atoms with Crippen LogP contribution in [0.25, 0.3) is 0 Å². The monoisotopic (exact) mass is 262 g/mol. The number of carboxylic acids is 1. The van der Waals surface area contributed by atoms with E-state index < -0.39 is 10.9 Å². The van der Waals surface area contributed by atoms with Gasteiger partial charge in [0.2, 0.25) is 0 Å². The van der Waals surface area contributed by atoms with E-state index in [1.54, 1.807) is 13.2 Å². The number of aromatic nitrogens is 2. The number of anilines is 2. The quantitative estimate of drug-likeness (QED) is 0.641. The number of nitro groups is 1. The maximum atomic E-state index is 11.1. The SMILES string of the molecule is Cn1cc(Nc2c(C(=O)O)cccc2[N+](=O)[O-])cn1. The van der Waals surface area contributed by atoms with E-state index in [2.05, 4.69) is 10.4 Å². The third-order valence-corrected chi connectivity index (χ3v) is 2.44. The average Bonchev–Trinajstić information content (AvgIpc) is 2.74. The molecular formula is C11H10N4O4. The predicted octanol–water partition coefficient (Wildman–Crippen LogP) is 1.77. The highest BCUT2D eigenvalue weighted by atomic mass is 16.6. The van der Waals surface area contributed by atoms with Gasteiger partial charge in [-0.15, -0.1) is 0 Å². The Kier molecular flexibility index (Phi) is 3.15. The zero-order valence-electron chi connectivity index (χ0n) is 9.90. The van der Waals surface area contributed by atoms with Crippen molar-refractivity contribution in [3.8, 4) is 0 Å². The Morgan fingerprint density at radius 2 is 2.26 bits per heavy atom. The van der Waals surface area contributed by atoms with Crippen LogP contribution in [0, 0.1) is 10.1 Å². The molecule has 0 radical (unpaired) electrons. The number of hydrogen-bond donors (Lipinski definition) is 2. The smallest absolute Gasteiger partial charge is 0.338 e. The van der Waals surface area contributed by atoms with Crippen LogP contribution in [0.1, 0.15) is 10.4 Å². The molecule has 2 N–H and O–H groups in total. The minimum atomic E-state index is -1.24. The Balaban J connectivity index is 2.52. The second-order valence-corrected chi connectivity index (χ2v) is 3.79. The van der Waals surface area contributed by atoms with Crippen molar-refractivity contribution in [3.05, 3.63) is 46.3 Å². The lowest BCUT2D eigenvalue weighted by Crippen LogP contribution is -2.05. The number of para-hydroxylation sites is 1. The summed E-state index contributed by atoms with van der Waals surface area (Å²) in [5, 5.41) is 26.6. The number of benzene rings is 1. The van der Waals surface area contributed by atoms with E-state index in [9.17, 15) is 14.9 Å². The largest absolute Gasteiger partial charge is 0.478 e. The molecule has 1 heterocycles. The normalized spacial score (nSPS) is 10.2. The van der Waals surface area contributed by atoms with Crippen LogP contribution >= 0.6 is 0 Å². The summed E-state index contributed by atoms with van der Waals surface area (Å²) in [6.45, 7) is 0. The molecule has 0 saturated carbocycles. The molecule has 0 atom stereocenters. The van der Waals surface area contributed by atoms with Gasteiger partial charge in [-0.05, 0) is 6.07 Å². The molecule has 0 saturated heterocycles. The summed E-state index contributed by atoms with van der Waals surface area (Å²) >= 11 is 0. The molecule has 1 aromatic carbocycles. The molecule has 0 bridgehead atoms. The lowest BCUT2D eigenvalue weighted by Gasteiger charge is -2.07. The van der Waals surface area contributed by atoms with Crippen molar-refractivity contribution in [2.24, 2.45) is 7.05 Å². The fraction of sp³-hybridized carbons (Fsp3) is 0.0909. The van der Waals surface area contributed by atoms with E-state index >= 15 is 0 Å². The Labute approximate surface area is 107 Å². The van der Waals surface area contributed by atoms with Gasteiger partial charge in [0.1, 0.15) is 5.69 Å². The summed E-state index contributed by atoms with van der Waals surface area (Å²) in [5.41, 5.74) is -0.0610. The first-order valence-electron chi connectivity index (χ1n) is 5.25. The van der Waals surface area contributed by atoms with Crippen LogP contribution in [0.3, 0.4) is 0 Å². The highest BCUT2D eigenvalue weighted by Crippen LogP contribution is 2.31. The molecule has 8 nitrogen and oxygen atoms in total. The van der Waals surface area contributed by atoms with Gasteiger partial charge in [-0.25, -0.2) is 4.79 Å². The Hall–Kier alpha value is -2.90. The highest BCUT2D eigenvalue weighted by molar-refractivity contribution is 5.97.